The Labute approximate surface area is 91.9 Å². The summed E-state index contributed by atoms with van der Waals surface area (Å²) in [5.74, 6) is -2.17. The fraction of sp³-hybridized carbons (Fsp3) is 0.667. The third-order valence-electron chi connectivity index (χ3n) is 2.35. The van der Waals surface area contributed by atoms with Crippen LogP contribution in [-0.2, 0) is 19.1 Å². The van der Waals surface area contributed by atoms with Gasteiger partial charge in [0, 0.05) is 6.42 Å². The lowest BCUT2D eigenvalue weighted by Crippen LogP contribution is -2.43. The van der Waals surface area contributed by atoms with Crippen molar-refractivity contribution in [2.75, 3.05) is 13.3 Å². The standard InChI is InChI=1S/C9H14N2O5/c10-6(9(14)15)3-16-4-11-8(13)5-1-2-7(5)12/h5-6H,1-4,10H2,(H,11,13)(H,14,15)/t5-,6-/m0/s1. The molecule has 0 aromatic rings. The average Bonchev–Trinajstić information content (AvgIpc) is 2.21. The molecule has 4 N–H and O–H groups in total. The number of rotatable bonds is 6. The zero-order valence-electron chi connectivity index (χ0n) is 8.64. The molecule has 90 valence electrons. The van der Waals surface area contributed by atoms with Crippen LogP contribution in [0.4, 0.5) is 0 Å². The van der Waals surface area contributed by atoms with Crippen LogP contribution < -0.4 is 11.1 Å². The number of Topliss-reactive ketones (excluding diaryl/α,β-unsaturated/α-hetero) is 1. The number of aliphatic carboxylic acids is 1. The third-order valence-corrected chi connectivity index (χ3v) is 2.35. The number of amides is 1. The summed E-state index contributed by atoms with van der Waals surface area (Å²) in [5, 5.41) is 10.8. The minimum Gasteiger partial charge on any atom is -0.480 e. The van der Waals surface area contributed by atoms with Crippen LogP contribution in [0, 0.1) is 5.92 Å². The van der Waals surface area contributed by atoms with Crippen LogP contribution in [0.5, 0.6) is 0 Å². The van der Waals surface area contributed by atoms with Crippen LogP contribution in [0.15, 0.2) is 0 Å². The van der Waals surface area contributed by atoms with Gasteiger partial charge in [-0.05, 0) is 6.42 Å². The van der Waals surface area contributed by atoms with E-state index < -0.39 is 17.9 Å². The summed E-state index contributed by atoms with van der Waals surface area (Å²) in [6.07, 6.45) is 1.02. The van der Waals surface area contributed by atoms with Crippen LogP contribution in [0.3, 0.4) is 0 Å². The molecule has 0 heterocycles. The van der Waals surface area contributed by atoms with E-state index in [1.807, 2.05) is 0 Å². The average molecular weight is 230 g/mol. The molecule has 2 atom stereocenters. The Bertz CT molecular complexity index is 304. The Kier molecular flexibility index (Phi) is 4.39. The molecule has 16 heavy (non-hydrogen) atoms. The molecule has 0 aromatic heterocycles. The lowest BCUT2D eigenvalue weighted by molar-refractivity contribution is -0.140. The maximum Gasteiger partial charge on any atom is 0.322 e. The van der Waals surface area contributed by atoms with Gasteiger partial charge in [-0.3, -0.25) is 14.4 Å². The number of carboxylic acids is 1. The molecule has 0 aliphatic heterocycles. The molecule has 0 unspecified atom stereocenters. The van der Waals surface area contributed by atoms with Gasteiger partial charge >= 0.3 is 5.97 Å². The molecule has 0 saturated heterocycles. The van der Waals surface area contributed by atoms with E-state index in [1.54, 1.807) is 0 Å². The summed E-state index contributed by atoms with van der Waals surface area (Å²) >= 11 is 0. The minimum absolute atomic E-state index is 0.0697. The lowest BCUT2D eigenvalue weighted by Gasteiger charge is -2.22. The van der Waals surface area contributed by atoms with Crippen molar-refractivity contribution in [3.63, 3.8) is 0 Å². The fourth-order valence-electron chi connectivity index (χ4n) is 1.19. The van der Waals surface area contributed by atoms with Gasteiger partial charge in [0.05, 0.1) is 12.5 Å². The van der Waals surface area contributed by atoms with Crippen molar-refractivity contribution in [2.24, 2.45) is 11.7 Å². The molecule has 1 aliphatic rings. The summed E-state index contributed by atoms with van der Waals surface area (Å²) in [6.45, 7) is -0.322. The Morgan fingerprint density at radius 2 is 2.31 bits per heavy atom. The summed E-state index contributed by atoms with van der Waals surface area (Å²) in [7, 11) is 0. The van der Waals surface area contributed by atoms with Gasteiger partial charge in [-0.15, -0.1) is 0 Å². The Morgan fingerprint density at radius 1 is 1.62 bits per heavy atom. The number of ketones is 1. The lowest BCUT2D eigenvalue weighted by atomic mass is 9.83. The van der Waals surface area contributed by atoms with Crippen molar-refractivity contribution in [3.05, 3.63) is 0 Å². The number of nitrogens with one attached hydrogen (secondary N) is 1. The molecule has 7 heteroatoms. The van der Waals surface area contributed by atoms with Gasteiger partial charge < -0.3 is 20.9 Å². The van der Waals surface area contributed by atoms with Crippen LogP contribution in [0.1, 0.15) is 12.8 Å². The molecule has 0 radical (unpaired) electrons. The van der Waals surface area contributed by atoms with Gasteiger partial charge in [-0.25, -0.2) is 0 Å². The first-order chi connectivity index (χ1) is 7.52. The molecule has 0 bridgehead atoms. The Morgan fingerprint density at radius 3 is 2.75 bits per heavy atom. The number of hydrogen-bond donors (Lipinski definition) is 3. The summed E-state index contributed by atoms with van der Waals surface area (Å²) in [6, 6.07) is -1.11. The Balaban J connectivity index is 2.09. The van der Waals surface area contributed by atoms with Crippen molar-refractivity contribution in [1.82, 2.24) is 5.32 Å². The van der Waals surface area contributed by atoms with E-state index in [0.717, 1.165) is 0 Å². The van der Waals surface area contributed by atoms with E-state index in [-0.39, 0.29) is 25.0 Å². The predicted octanol–water partition coefficient (Wildman–Crippen LogP) is -1.53. The zero-order valence-corrected chi connectivity index (χ0v) is 8.64. The van der Waals surface area contributed by atoms with Crippen LogP contribution in [0.2, 0.25) is 0 Å². The van der Waals surface area contributed by atoms with Gasteiger partial charge in [0.1, 0.15) is 18.6 Å². The van der Waals surface area contributed by atoms with Gasteiger partial charge in [0.15, 0.2) is 0 Å². The second-order valence-electron chi connectivity index (χ2n) is 3.56. The van der Waals surface area contributed by atoms with E-state index in [2.05, 4.69) is 5.32 Å². The molecular weight excluding hydrogens is 216 g/mol. The zero-order chi connectivity index (χ0) is 12.1. The monoisotopic (exact) mass is 230 g/mol. The van der Waals surface area contributed by atoms with E-state index in [1.165, 1.54) is 0 Å². The van der Waals surface area contributed by atoms with E-state index in [9.17, 15) is 14.4 Å². The van der Waals surface area contributed by atoms with Crippen LogP contribution in [-0.4, -0.2) is 42.1 Å². The molecular formula is C9H14N2O5. The quantitative estimate of drug-likeness (QED) is 0.289. The Hall–Kier alpha value is -1.47. The largest absolute Gasteiger partial charge is 0.480 e. The first-order valence-electron chi connectivity index (χ1n) is 4.89. The molecule has 1 fully saturated rings. The second-order valence-corrected chi connectivity index (χ2v) is 3.56. The van der Waals surface area contributed by atoms with E-state index in [0.29, 0.717) is 12.8 Å². The van der Waals surface area contributed by atoms with Crippen LogP contribution in [0.25, 0.3) is 0 Å². The first kappa shape index (κ1) is 12.6. The topological polar surface area (TPSA) is 119 Å². The number of carboxylic acid groups (broad SMARTS) is 1. The summed E-state index contributed by atoms with van der Waals surface area (Å²) < 4.78 is 4.83. The van der Waals surface area contributed by atoms with Gasteiger partial charge in [-0.2, -0.15) is 0 Å². The fourth-order valence-corrected chi connectivity index (χ4v) is 1.19. The molecule has 1 amide bonds. The molecule has 0 spiro atoms. The minimum atomic E-state index is -1.17. The number of carbonyl (C=O) groups is 3. The van der Waals surface area contributed by atoms with Crippen molar-refractivity contribution in [2.45, 2.75) is 18.9 Å². The summed E-state index contributed by atoms with van der Waals surface area (Å²) in [4.78, 5) is 32.5. The predicted molar refractivity (Wildman–Crippen MR) is 52.3 cm³/mol. The molecule has 1 aliphatic carbocycles. The van der Waals surface area contributed by atoms with Crippen molar-refractivity contribution in [3.8, 4) is 0 Å². The molecule has 7 nitrogen and oxygen atoms in total. The molecule has 1 saturated carbocycles. The first-order valence-corrected chi connectivity index (χ1v) is 4.89. The van der Waals surface area contributed by atoms with Crippen molar-refractivity contribution in [1.29, 1.82) is 0 Å². The smallest absolute Gasteiger partial charge is 0.322 e. The van der Waals surface area contributed by atoms with E-state index >= 15 is 0 Å². The molecule has 1 rings (SSSR count). The SMILES string of the molecule is N[C@@H](COCNC(=O)[C@H]1CCC1=O)C(=O)O. The van der Waals surface area contributed by atoms with Gasteiger partial charge in [0.2, 0.25) is 5.91 Å². The highest BCUT2D eigenvalue weighted by atomic mass is 16.5. The van der Waals surface area contributed by atoms with Crippen molar-refractivity contribution >= 4 is 17.7 Å². The third kappa shape index (κ3) is 3.28. The molecule has 0 aromatic carbocycles. The van der Waals surface area contributed by atoms with E-state index in [4.69, 9.17) is 15.6 Å². The highest BCUT2D eigenvalue weighted by molar-refractivity contribution is 6.05. The second kappa shape index (κ2) is 5.57. The van der Waals surface area contributed by atoms with Crippen molar-refractivity contribution < 1.29 is 24.2 Å². The maximum absolute atomic E-state index is 11.3. The maximum atomic E-state index is 11.3. The number of nitrogens with two attached hydrogens (primary N) is 1. The number of hydrogen-bond acceptors (Lipinski definition) is 5. The number of carbonyl (C=O) groups excluding carboxylic acids is 2. The highest BCUT2D eigenvalue weighted by Crippen LogP contribution is 2.21. The normalized spacial score (nSPS) is 21.1. The van der Waals surface area contributed by atoms with Gasteiger partial charge in [0.25, 0.3) is 0 Å². The van der Waals surface area contributed by atoms with Gasteiger partial charge in [-0.1, -0.05) is 0 Å². The summed E-state index contributed by atoms with van der Waals surface area (Å²) in [5.41, 5.74) is 5.16. The highest BCUT2D eigenvalue weighted by Gasteiger charge is 2.34. The van der Waals surface area contributed by atoms with Crippen LogP contribution >= 0.6 is 0 Å². The number of ether oxygens (including phenoxy) is 1.